The Kier molecular flexibility index (Phi) is 4.83. The molecule has 1 aromatic heterocycles. The van der Waals surface area contributed by atoms with Gasteiger partial charge in [-0.3, -0.25) is 19.9 Å². The highest BCUT2D eigenvalue weighted by atomic mass is 79.9. The Morgan fingerprint density at radius 2 is 2.29 bits per heavy atom. The lowest BCUT2D eigenvalue weighted by atomic mass is 10.3. The number of nitro groups is 1. The molecule has 1 aromatic rings. The number of pyridine rings is 1. The van der Waals surface area contributed by atoms with Gasteiger partial charge in [0, 0.05) is 19.2 Å². The fourth-order valence-corrected chi connectivity index (χ4v) is 1.68. The minimum atomic E-state index is -0.520. The first-order valence-electron chi connectivity index (χ1n) is 4.82. The molecule has 0 saturated carbocycles. The van der Waals surface area contributed by atoms with E-state index in [1.807, 2.05) is 0 Å². The van der Waals surface area contributed by atoms with E-state index in [9.17, 15) is 14.9 Å². The van der Waals surface area contributed by atoms with E-state index in [4.69, 9.17) is 5.73 Å². The van der Waals surface area contributed by atoms with Crippen LogP contribution in [0.3, 0.4) is 0 Å². The fraction of sp³-hybridized carbons (Fsp3) is 0.333. The molecule has 0 saturated heterocycles. The van der Waals surface area contributed by atoms with Crippen LogP contribution in [0.25, 0.3) is 0 Å². The molecule has 0 unspecified atom stereocenters. The van der Waals surface area contributed by atoms with Crippen molar-refractivity contribution >= 4 is 33.2 Å². The molecule has 8 heteroatoms. The van der Waals surface area contributed by atoms with Gasteiger partial charge in [-0.25, -0.2) is 0 Å². The molecule has 1 amide bonds. The Balaban J connectivity index is 2.69. The molecule has 0 aliphatic heterocycles. The summed E-state index contributed by atoms with van der Waals surface area (Å²) in [6, 6.07) is 0. The third-order valence-corrected chi connectivity index (χ3v) is 2.58. The summed E-state index contributed by atoms with van der Waals surface area (Å²) in [6.07, 6.45) is 3.38. The molecule has 0 fully saturated rings. The molecule has 7 nitrogen and oxygen atoms in total. The Labute approximate surface area is 106 Å². The molecule has 1 rings (SSSR count). The maximum atomic E-state index is 10.7. The SMILES string of the molecule is NC(=O)CCCNc1c(Br)cncc1[N+](=O)[O-]. The van der Waals surface area contributed by atoms with Gasteiger partial charge >= 0.3 is 5.69 Å². The topological polar surface area (TPSA) is 111 Å². The summed E-state index contributed by atoms with van der Waals surface area (Å²) in [7, 11) is 0. The number of halogens is 1. The third-order valence-electron chi connectivity index (χ3n) is 1.98. The van der Waals surface area contributed by atoms with Gasteiger partial charge in [0.15, 0.2) is 0 Å². The zero-order valence-corrected chi connectivity index (χ0v) is 10.4. The summed E-state index contributed by atoms with van der Waals surface area (Å²) in [6.45, 7) is 0.423. The quantitative estimate of drug-likeness (QED) is 0.469. The smallest absolute Gasteiger partial charge is 0.311 e. The van der Waals surface area contributed by atoms with Gasteiger partial charge in [0.1, 0.15) is 11.9 Å². The normalized spacial score (nSPS) is 9.94. The van der Waals surface area contributed by atoms with Crippen molar-refractivity contribution in [2.75, 3.05) is 11.9 Å². The number of hydrogen-bond donors (Lipinski definition) is 2. The molecular weight excluding hydrogens is 292 g/mol. The molecule has 17 heavy (non-hydrogen) atoms. The van der Waals surface area contributed by atoms with Crippen LogP contribution in [0.2, 0.25) is 0 Å². The Morgan fingerprint density at radius 3 is 2.88 bits per heavy atom. The molecule has 3 N–H and O–H groups in total. The Morgan fingerprint density at radius 1 is 1.59 bits per heavy atom. The van der Waals surface area contributed by atoms with Crippen LogP contribution >= 0.6 is 15.9 Å². The van der Waals surface area contributed by atoms with Crippen LogP contribution in [-0.4, -0.2) is 22.4 Å². The van der Waals surface area contributed by atoms with Crippen molar-refractivity contribution in [3.8, 4) is 0 Å². The number of nitrogens with two attached hydrogens (primary N) is 1. The first-order valence-corrected chi connectivity index (χ1v) is 5.61. The van der Waals surface area contributed by atoms with Gasteiger partial charge < -0.3 is 11.1 Å². The number of amides is 1. The molecule has 0 spiro atoms. The zero-order valence-electron chi connectivity index (χ0n) is 8.85. The molecular formula is C9H11BrN4O3. The van der Waals surface area contributed by atoms with E-state index in [2.05, 4.69) is 26.2 Å². The Bertz CT molecular complexity index is 438. The first kappa shape index (κ1) is 13.4. The second-order valence-corrected chi connectivity index (χ2v) is 4.12. The lowest BCUT2D eigenvalue weighted by molar-refractivity contribution is -0.384. The largest absolute Gasteiger partial charge is 0.378 e. The summed E-state index contributed by atoms with van der Waals surface area (Å²) in [5, 5.41) is 13.6. The van der Waals surface area contributed by atoms with Crippen molar-refractivity contribution in [3.63, 3.8) is 0 Å². The number of rotatable bonds is 6. The van der Waals surface area contributed by atoms with Crippen LogP contribution in [0.1, 0.15) is 12.8 Å². The second kappa shape index (κ2) is 6.14. The molecule has 0 aromatic carbocycles. The summed E-state index contributed by atoms with van der Waals surface area (Å²) in [5.74, 6) is -0.393. The molecule has 0 radical (unpaired) electrons. The van der Waals surface area contributed by atoms with E-state index in [1.54, 1.807) is 0 Å². The number of carbonyl (C=O) groups is 1. The number of nitrogens with one attached hydrogen (secondary N) is 1. The van der Waals surface area contributed by atoms with Crippen molar-refractivity contribution in [2.24, 2.45) is 5.73 Å². The van der Waals surface area contributed by atoms with Crippen LogP contribution in [0.4, 0.5) is 11.4 Å². The van der Waals surface area contributed by atoms with Crippen LogP contribution < -0.4 is 11.1 Å². The van der Waals surface area contributed by atoms with Crippen LogP contribution in [-0.2, 0) is 4.79 Å². The molecule has 0 bridgehead atoms. The van der Waals surface area contributed by atoms with Crippen LogP contribution in [0, 0.1) is 10.1 Å². The molecule has 0 aliphatic rings. The van der Waals surface area contributed by atoms with Gasteiger partial charge in [-0.2, -0.15) is 0 Å². The van der Waals surface area contributed by atoms with Gasteiger partial charge in [0.05, 0.1) is 9.40 Å². The first-order chi connectivity index (χ1) is 8.02. The van der Waals surface area contributed by atoms with E-state index in [0.29, 0.717) is 23.1 Å². The van der Waals surface area contributed by atoms with Gasteiger partial charge in [-0.1, -0.05) is 0 Å². The van der Waals surface area contributed by atoms with E-state index in [-0.39, 0.29) is 12.1 Å². The zero-order chi connectivity index (χ0) is 12.8. The van der Waals surface area contributed by atoms with Crippen LogP contribution in [0.5, 0.6) is 0 Å². The predicted molar refractivity (Wildman–Crippen MR) is 65.5 cm³/mol. The molecule has 92 valence electrons. The van der Waals surface area contributed by atoms with Crippen molar-refractivity contribution in [1.82, 2.24) is 4.98 Å². The number of hydrogen-bond acceptors (Lipinski definition) is 5. The average Bonchev–Trinajstić information content (AvgIpc) is 2.25. The molecule has 1 heterocycles. The number of nitrogens with zero attached hydrogens (tertiary/aromatic N) is 2. The summed E-state index contributed by atoms with van der Waals surface area (Å²) < 4.78 is 0.505. The second-order valence-electron chi connectivity index (χ2n) is 3.27. The monoisotopic (exact) mass is 302 g/mol. The number of primary amides is 1. The fourth-order valence-electron chi connectivity index (χ4n) is 1.21. The number of anilines is 1. The maximum Gasteiger partial charge on any atom is 0.311 e. The van der Waals surface area contributed by atoms with Crippen molar-refractivity contribution in [3.05, 3.63) is 27.0 Å². The highest BCUT2D eigenvalue weighted by molar-refractivity contribution is 9.10. The molecule has 0 aliphatic carbocycles. The third kappa shape index (κ3) is 3.99. The summed E-state index contributed by atoms with van der Waals surface area (Å²) >= 11 is 3.18. The number of carbonyl (C=O) groups excluding carboxylic acids is 1. The van der Waals surface area contributed by atoms with Gasteiger partial charge in [-0.05, 0) is 22.4 Å². The standard InChI is InChI=1S/C9H11BrN4O3/c10-6-4-12-5-7(14(16)17)9(6)13-3-1-2-8(11)15/h4-5H,1-3H2,(H2,11,15)(H,12,13). The maximum absolute atomic E-state index is 10.7. The van der Waals surface area contributed by atoms with Gasteiger partial charge in [0.2, 0.25) is 5.91 Å². The van der Waals surface area contributed by atoms with Crippen molar-refractivity contribution in [2.45, 2.75) is 12.8 Å². The average molecular weight is 303 g/mol. The van der Waals surface area contributed by atoms with E-state index < -0.39 is 10.8 Å². The minimum absolute atomic E-state index is 0.113. The predicted octanol–water partition coefficient (Wildman–Crippen LogP) is 1.43. The molecule has 0 atom stereocenters. The lowest BCUT2D eigenvalue weighted by Crippen LogP contribution is -2.13. The van der Waals surface area contributed by atoms with Crippen LogP contribution in [0.15, 0.2) is 16.9 Å². The van der Waals surface area contributed by atoms with Crippen molar-refractivity contribution in [1.29, 1.82) is 0 Å². The number of aromatic nitrogens is 1. The Hall–Kier alpha value is -1.70. The highest BCUT2D eigenvalue weighted by Gasteiger charge is 2.16. The summed E-state index contributed by atoms with van der Waals surface area (Å²) in [5.41, 5.74) is 5.23. The van der Waals surface area contributed by atoms with Crippen molar-refractivity contribution < 1.29 is 9.72 Å². The summed E-state index contributed by atoms with van der Waals surface area (Å²) in [4.78, 5) is 24.5. The van der Waals surface area contributed by atoms with Gasteiger partial charge in [-0.15, -0.1) is 0 Å². The lowest BCUT2D eigenvalue weighted by Gasteiger charge is -2.07. The van der Waals surface area contributed by atoms with E-state index >= 15 is 0 Å². The van der Waals surface area contributed by atoms with Gasteiger partial charge in [0.25, 0.3) is 0 Å². The highest BCUT2D eigenvalue weighted by Crippen LogP contribution is 2.30. The van der Waals surface area contributed by atoms with E-state index in [1.165, 1.54) is 12.4 Å². The minimum Gasteiger partial charge on any atom is -0.378 e. The van der Waals surface area contributed by atoms with E-state index in [0.717, 1.165) is 0 Å².